The van der Waals surface area contributed by atoms with E-state index in [1.54, 1.807) is 30.2 Å². The number of likely N-dealkylation sites (N-methyl/N-ethyl adjacent to an activating group) is 1. The molecule has 0 radical (unpaired) electrons. The van der Waals surface area contributed by atoms with Crippen molar-refractivity contribution in [3.05, 3.63) is 23.8 Å². The third-order valence-corrected chi connectivity index (χ3v) is 3.98. The monoisotopic (exact) mass is 322 g/mol. The van der Waals surface area contributed by atoms with E-state index in [1.807, 2.05) is 32.8 Å². The van der Waals surface area contributed by atoms with Gasteiger partial charge in [-0.1, -0.05) is 0 Å². The number of amides is 1. The standard InChI is InChI=1S/C17H26N2O4/c1-11(2)23-15-7-6-12(8-16(15)22-5)17(21)19-9-13(18(3)4)14(20)10-19/h6-8,11,13-14,20H,9-10H2,1-5H3/t13-,14-/m1/s1. The minimum absolute atomic E-state index is 0.0278. The third-order valence-electron chi connectivity index (χ3n) is 3.98. The minimum Gasteiger partial charge on any atom is -0.493 e. The molecule has 6 nitrogen and oxygen atoms in total. The maximum atomic E-state index is 12.7. The molecule has 2 atom stereocenters. The Bertz CT molecular complexity index is 560. The number of methoxy groups -OCH3 is 1. The van der Waals surface area contributed by atoms with Crippen molar-refractivity contribution >= 4 is 5.91 Å². The van der Waals surface area contributed by atoms with Crippen LogP contribution in [0.3, 0.4) is 0 Å². The van der Waals surface area contributed by atoms with Gasteiger partial charge in [-0.05, 0) is 46.1 Å². The SMILES string of the molecule is COc1cc(C(=O)N2C[C@@H](O)[C@H](N(C)C)C2)ccc1OC(C)C. The molecule has 23 heavy (non-hydrogen) atoms. The molecule has 1 aromatic carbocycles. The van der Waals surface area contributed by atoms with E-state index in [1.165, 1.54) is 0 Å². The van der Waals surface area contributed by atoms with Gasteiger partial charge in [-0.2, -0.15) is 0 Å². The first-order valence-corrected chi connectivity index (χ1v) is 7.82. The van der Waals surface area contributed by atoms with Crippen molar-refractivity contribution in [3.8, 4) is 11.5 Å². The highest BCUT2D eigenvalue weighted by atomic mass is 16.5. The van der Waals surface area contributed by atoms with Crippen molar-refractivity contribution in [2.24, 2.45) is 0 Å². The highest BCUT2D eigenvalue weighted by Crippen LogP contribution is 2.30. The Morgan fingerprint density at radius 1 is 1.30 bits per heavy atom. The first-order chi connectivity index (χ1) is 10.8. The normalized spacial score (nSPS) is 21.1. The number of benzene rings is 1. The second kappa shape index (κ2) is 7.19. The lowest BCUT2D eigenvalue weighted by Gasteiger charge is -2.21. The van der Waals surface area contributed by atoms with Gasteiger partial charge in [-0.15, -0.1) is 0 Å². The van der Waals surface area contributed by atoms with Crippen LogP contribution in [-0.4, -0.2) is 73.4 Å². The molecule has 2 rings (SSSR count). The molecule has 0 unspecified atom stereocenters. The molecule has 1 heterocycles. The molecule has 1 aromatic rings. The quantitative estimate of drug-likeness (QED) is 0.883. The maximum Gasteiger partial charge on any atom is 0.254 e. The first kappa shape index (κ1) is 17.6. The fraction of sp³-hybridized carbons (Fsp3) is 0.588. The Hall–Kier alpha value is -1.79. The van der Waals surface area contributed by atoms with Crippen LogP contribution >= 0.6 is 0 Å². The van der Waals surface area contributed by atoms with Gasteiger partial charge in [0.2, 0.25) is 0 Å². The summed E-state index contributed by atoms with van der Waals surface area (Å²) < 4.78 is 11.0. The molecular weight excluding hydrogens is 296 g/mol. The molecule has 6 heteroatoms. The van der Waals surface area contributed by atoms with Crippen LogP contribution in [-0.2, 0) is 0 Å². The molecular formula is C17H26N2O4. The summed E-state index contributed by atoms with van der Waals surface area (Å²) in [6, 6.07) is 5.14. The van der Waals surface area contributed by atoms with Crippen LogP contribution in [0.1, 0.15) is 24.2 Å². The molecule has 1 aliphatic rings. The lowest BCUT2D eigenvalue weighted by Crippen LogP contribution is -2.38. The van der Waals surface area contributed by atoms with Crippen molar-refractivity contribution in [3.63, 3.8) is 0 Å². The Morgan fingerprint density at radius 2 is 2.00 bits per heavy atom. The average molecular weight is 322 g/mol. The van der Waals surface area contributed by atoms with Crippen molar-refractivity contribution in [1.82, 2.24) is 9.80 Å². The van der Waals surface area contributed by atoms with Crippen LogP contribution in [0.2, 0.25) is 0 Å². The van der Waals surface area contributed by atoms with Gasteiger partial charge in [0.25, 0.3) is 5.91 Å². The van der Waals surface area contributed by atoms with E-state index in [4.69, 9.17) is 9.47 Å². The Labute approximate surface area is 137 Å². The Kier molecular flexibility index (Phi) is 5.49. The number of carbonyl (C=O) groups is 1. The fourth-order valence-electron chi connectivity index (χ4n) is 2.78. The number of β-amino-alcohol motifs (C(OH)–C–C–N with tert-alkyl or cyclic N) is 1. The molecule has 1 aliphatic heterocycles. The number of carbonyl (C=O) groups excluding carboxylic acids is 1. The van der Waals surface area contributed by atoms with Crippen molar-refractivity contribution in [2.45, 2.75) is 32.1 Å². The van der Waals surface area contributed by atoms with Gasteiger partial charge in [-0.25, -0.2) is 0 Å². The van der Waals surface area contributed by atoms with E-state index in [0.29, 0.717) is 30.2 Å². The molecule has 1 N–H and O–H groups in total. The number of likely N-dealkylation sites (tertiary alicyclic amines) is 1. The van der Waals surface area contributed by atoms with Gasteiger partial charge < -0.3 is 24.4 Å². The largest absolute Gasteiger partial charge is 0.493 e. The zero-order chi connectivity index (χ0) is 17.1. The average Bonchev–Trinajstić information content (AvgIpc) is 2.88. The number of hydrogen-bond acceptors (Lipinski definition) is 5. The summed E-state index contributed by atoms with van der Waals surface area (Å²) >= 11 is 0. The molecule has 0 bridgehead atoms. The lowest BCUT2D eigenvalue weighted by molar-refractivity contribution is 0.0763. The Morgan fingerprint density at radius 3 is 2.52 bits per heavy atom. The van der Waals surface area contributed by atoms with Gasteiger partial charge in [-0.3, -0.25) is 4.79 Å². The van der Waals surface area contributed by atoms with Crippen LogP contribution in [0.5, 0.6) is 11.5 Å². The minimum atomic E-state index is -0.528. The molecule has 1 amide bonds. The predicted octanol–water partition coefficient (Wildman–Crippen LogP) is 1.23. The zero-order valence-electron chi connectivity index (χ0n) is 14.4. The lowest BCUT2D eigenvalue weighted by atomic mass is 10.1. The second-order valence-electron chi connectivity index (χ2n) is 6.34. The zero-order valence-corrected chi connectivity index (χ0v) is 14.4. The van der Waals surface area contributed by atoms with Crippen molar-refractivity contribution in [1.29, 1.82) is 0 Å². The van der Waals surface area contributed by atoms with Crippen LogP contribution in [0.4, 0.5) is 0 Å². The molecule has 128 valence electrons. The van der Waals surface area contributed by atoms with E-state index < -0.39 is 6.10 Å². The van der Waals surface area contributed by atoms with Crippen LogP contribution in [0.25, 0.3) is 0 Å². The molecule has 0 spiro atoms. The molecule has 0 aliphatic carbocycles. The second-order valence-corrected chi connectivity index (χ2v) is 6.34. The number of aliphatic hydroxyl groups is 1. The van der Waals surface area contributed by atoms with Crippen LogP contribution < -0.4 is 9.47 Å². The van der Waals surface area contributed by atoms with Crippen LogP contribution in [0, 0.1) is 0 Å². The van der Waals surface area contributed by atoms with Crippen molar-refractivity contribution < 1.29 is 19.4 Å². The molecule has 1 saturated heterocycles. The summed E-state index contributed by atoms with van der Waals surface area (Å²) in [4.78, 5) is 16.3. The summed E-state index contributed by atoms with van der Waals surface area (Å²) in [6.07, 6.45) is -0.501. The van der Waals surface area contributed by atoms with Crippen LogP contribution in [0.15, 0.2) is 18.2 Å². The Balaban J connectivity index is 2.17. The maximum absolute atomic E-state index is 12.7. The summed E-state index contributed by atoms with van der Waals surface area (Å²) in [5.41, 5.74) is 0.532. The summed E-state index contributed by atoms with van der Waals surface area (Å²) in [5, 5.41) is 10.1. The van der Waals surface area contributed by atoms with Gasteiger partial charge in [0, 0.05) is 18.7 Å². The van der Waals surface area contributed by atoms with Gasteiger partial charge >= 0.3 is 0 Å². The highest BCUT2D eigenvalue weighted by Gasteiger charge is 2.35. The summed E-state index contributed by atoms with van der Waals surface area (Å²) in [7, 11) is 5.37. The van der Waals surface area contributed by atoms with E-state index in [9.17, 15) is 9.90 Å². The molecule has 0 saturated carbocycles. The van der Waals surface area contributed by atoms with Gasteiger partial charge in [0.1, 0.15) is 0 Å². The number of hydrogen-bond donors (Lipinski definition) is 1. The topological polar surface area (TPSA) is 62.2 Å². The number of rotatable bonds is 5. The third kappa shape index (κ3) is 3.95. The van der Waals surface area contributed by atoms with Crippen molar-refractivity contribution in [2.75, 3.05) is 34.3 Å². The number of aliphatic hydroxyl groups excluding tert-OH is 1. The first-order valence-electron chi connectivity index (χ1n) is 7.82. The van der Waals surface area contributed by atoms with E-state index in [-0.39, 0.29) is 18.1 Å². The molecule has 1 fully saturated rings. The summed E-state index contributed by atoms with van der Waals surface area (Å²) in [5.74, 6) is 1.04. The number of ether oxygens (including phenoxy) is 2. The van der Waals surface area contributed by atoms with Gasteiger partial charge in [0.15, 0.2) is 11.5 Å². The predicted molar refractivity (Wildman–Crippen MR) is 88.1 cm³/mol. The van der Waals surface area contributed by atoms with E-state index in [0.717, 1.165) is 0 Å². The number of nitrogens with zero attached hydrogens (tertiary/aromatic N) is 2. The van der Waals surface area contributed by atoms with E-state index in [2.05, 4.69) is 0 Å². The smallest absolute Gasteiger partial charge is 0.254 e. The van der Waals surface area contributed by atoms with E-state index >= 15 is 0 Å². The van der Waals surface area contributed by atoms with Gasteiger partial charge in [0.05, 0.1) is 25.4 Å². The molecule has 0 aromatic heterocycles. The highest BCUT2D eigenvalue weighted by molar-refractivity contribution is 5.95. The summed E-state index contributed by atoms with van der Waals surface area (Å²) in [6.45, 7) is 4.73. The fourth-order valence-corrected chi connectivity index (χ4v) is 2.78.